The summed E-state index contributed by atoms with van der Waals surface area (Å²) in [4.78, 5) is 10.3. The molecule has 5 heteroatoms. The summed E-state index contributed by atoms with van der Waals surface area (Å²) >= 11 is 4.73. The number of rotatable bonds is 6. The number of hydrogen-bond acceptors (Lipinski definition) is 3. The SMILES string of the molecule is NC(=S)C(NC=O)OCc1ccccc1. The molecule has 1 atom stereocenters. The third-order valence-corrected chi connectivity index (χ3v) is 1.95. The smallest absolute Gasteiger partial charge is 0.209 e. The molecule has 0 saturated carbocycles. The van der Waals surface area contributed by atoms with Crippen molar-refractivity contribution in [3.63, 3.8) is 0 Å². The Bertz CT molecular complexity index is 329. The molecule has 80 valence electrons. The van der Waals surface area contributed by atoms with E-state index in [4.69, 9.17) is 22.7 Å². The molecule has 3 N–H and O–H groups in total. The molecule has 1 aromatic rings. The van der Waals surface area contributed by atoms with Crippen LogP contribution in [0.25, 0.3) is 0 Å². The Hall–Kier alpha value is -1.46. The Morgan fingerprint density at radius 3 is 2.73 bits per heavy atom. The van der Waals surface area contributed by atoms with Gasteiger partial charge in [0.25, 0.3) is 0 Å². The highest BCUT2D eigenvalue weighted by Gasteiger charge is 2.10. The lowest BCUT2D eigenvalue weighted by atomic mass is 10.2. The minimum atomic E-state index is -0.710. The monoisotopic (exact) mass is 224 g/mol. The van der Waals surface area contributed by atoms with Gasteiger partial charge in [-0.1, -0.05) is 42.5 Å². The van der Waals surface area contributed by atoms with Crippen LogP contribution in [0.5, 0.6) is 0 Å². The molecule has 0 heterocycles. The molecule has 15 heavy (non-hydrogen) atoms. The molecule has 0 aromatic heterocycles. The standard InChI is InChI=1S/C10H12N2O2S/c11-9(15)10(12-7-13)14-6-8-4-2-1-3-5-8/h1-5,7,10H,6H2,(H2,11,15)(H,12,13). The third kappa shape index (κ3) is 4.05. The van der Waals surface area contributed by atoms with E-state index in [9.17, 15) is 4.79 Å². The molecule has 1 unspecified atom stereocenters. The maximum absolute atomic E-state index is 10.2. The molecular formula is C10H12N2O2S. The van der Waals surface area contributed by atoms with Crippen molar-refractivity contribution in [2.75, 3.05) is 0 Å². The topological polar surface area (TPSA) is 64.3 Å². The first-order valence-electron chi connectivity index (χ1n) is 4.38. The van der Waals surface area contributed by atoms with Gasteiger partial charge in [0, 0.05) is 0 Å². The number of benzene rings is 1. The second-order valence-electron chi connectivity index (χ2n) is 2.86. The minimum absolute atomic E-state index is 0.109. The van der Waals surface area contributed by atoms with Crippen LogP contribution >= 0.6 is 12.2 Å². The van der Waals surface area contributed by atoms with Crippen LogP contribution < -0.4 is 11.1 Å². The number of nitrogens with one attached hydrogen (secondary N) is 1. The predicted molar refractivity (Wildman–Crippen MR) is 61.0 cm³/mol. The zero-order chi connectivity index (χ0) is 11.1. The van der Waals surface area contributed by atoms with Gasteiger partial charge in [-0.05, 0) is 5.56 Å². The van der Waals surface area contributed by atoms with Crippen molar-refractivity contribution in [3.05, 3.63) is 35.9 Å². The second kappa shape index (κ2) is 6.10. The van der Waals surface area contributed by atoms with Gasteiger partial charge < -0.3 is 15.8 Å². The van der Waals surface area contributed by atoms with Crippen LogP contribution in [0.2, 0.25) is 0 Å². The fraction of sp³-hybridized carbons (Fsp3) is 0.200. The summed E-state index contributed by atoms with van der Waals surface area (Å²) in [5.74, 6) is 0. The zero-order valence-corrected chi connectivity index (χ0v) is 8.87. The largest absolute Gasteiger partial charge is 0.390 e. The van der Waals surface area contributed by atoms with E-state index in [1.54, 1.807) is 0 Å². The van der Waals surface area contributed by atoms with Crippen molar-refractivity contribution in [2.24, 2.45) is 5.73 Å². The molecule has 0 aliphatic carbocycles. The average Bonchev–Trinajstić information content (AvgIpc) is 2.25. The van der Waals surface area contributed by atoms with Crippen molar-refractivity contribution in [3.8, 4) is 0 Å². The first-order valence-corrected chi connectivity index (χ1v) is 4.79. The molecule has 0 spiro atoms. The summed E-state index contributed by atoms with van der Waals surface area (Å²) in [6.07, 6.45) is -0.202. The quantitative estimate of drug-likeness (QED) is 0.421. The molecule has 1 amide bonds. The Labute approximate surface area is 93.4 Å². The molecular weight excluding hydrogens is 212 g/mol. The predicted octanol–water partition coefficient (Wildman–Crippen LogP) is 0.561. The molecule has 0 aliphatic rings. The first kappa shape index (κ1) is 11.6. The van der Waals surface area contributed by atoms with Crippen molar-refractivity contribution in [1.82, 2.24) is 5.32 Å². The molecule has 0 saturated heterocycles. The summed E-state index contributed by atoms with van der Waals surface area (Å²) in [6.45, 7) is 0.351. The molecule has 0 radical (unpaired) electrons. The van der Waals surface area contributed by atoms with Gasteiger partial charge in [-0.3, -0.25) is 4.79 Å². The molecule has 0 fully saturated rings. The van der Waals surface area contributed by atoms with Gasteiger partial charge in [-0.2, -0.15) is 0 Å². The second-order valence-corrected chi connectivity index (χ2v) is 3.33. The number of nitrogens with two attached hydrogens (primary N) is 1. The number of thiocarbonyl (C=S) groups is 1. The van der Waals surface area contributed by atoms with Gasteiger partial charge in [0.15, 0.2) is 6.23 Å². The molecule has 4 nitrogen and oxygen atoms in total. The van der Waals surface area contributed by atoms with Crippen LogP contribution in [-0.4, -0.2) is 17.6 Å². The summed E-state index contributed by atoms with van der Waals surface area (Å²) in [6, 6.07) is 9.55. The van der Waals surface area contributed by atoms with Gasteiger partial charge in [-0.15, -0.1) is 0 Å². The van der Waals surface area contributed by atoms with Gasteiger partial charge in [0.05, 0.1) is 6.61 Å². The van der Waals surface area contributed by atoms with E-state index < -0.39 is 6.23 Å². The normalized spacial score (nSPS) is 11.7. The van der Waals surface area contributed by atoms with E-state index in [0.29, 0.717) is 13.0 Å². The van der Waals surface area contributed by atoms with Gasteiger partial charge >= 0.3 is 0 Å². The maximum Gasteiger partial charge on any atom is 0.209 e. The lowest BCUT2D eigenvalue weighted by Crippen LogP contribution is -2.41. The highest BCUT2D eigenvalue weighted by molar-refractivity contribution is 7.80. The Balaban J connectivity index is 2.47. The van der Waals surface area contributed by atoms with E-state index in [2.05, 4.69) is 5.32 Å². The lowest BCUT2D eigenvalue weighted by Gasteiger charge is -2.15. The third-order valence-electron chi connectivity index (χ3n) is 1.74. The summed E-state index contributed by atoms with van der Waals surface area (Å²) in [5.41, 5.74) is 6.36. The van der Waals surface area contributed by atoms with E-state index in [-0.39, 0.29) is 4.99 Å². The zero-order valence-electron chi connectivity index (χ0n) is 8.05. The molecule has 0 aliphatic heterocycles. The van der Waals surface area contributed by atoms with Crippen molar-refractivity contribution >= 4 is 23.6 Å². The van der Waals surface area contributed by atoms with Crippen LogP contribution in [0.4, 0.5) is 0 Å². The number of ether oxygens (including phenoxy) is 1. The highest BCUT2D eigenvalue weighted by Crippen LogP contribution is 2.02. The van der Waals surface area contributed by atoms with E-state index in [0.717, 1.165) is 5.56 Å². The van der Waals surface area contributed by atoms with E-state index in [1.807, 2.05) is 30.3 Å². The minimum Gasteiger partial charge on any atom is -0.390 e. The Morgan fingerprint density at radius 1 is 1.53 bits per heavy atom. The first-order chi connectivity index (χ1) is 7.24. The van der Waals surface area contributed by atoms with Crippen LogP contribution in [0, 0.1) is 0 Å². The number of amides is 1. The van der Waals surface area contributed by atoms with Crippen molar-refractivity contribution < 1.29 is 9.53 Å². The number of carbonyl (C=O) groups excluding carboxylic acids is 1. The average molecular weight is 224 g/mol. The van der Waals surface area contributed by atoms with Gasteiger partial charge in [0.1, 0.15) is 4.99 Å². The van der Waals surface area contributed by atoms with Crippen LogP contribution in [0.15, 0.2) is 30.3 Å². The van der Waals surface area contributed by atoms with Crippen molar-refractivity contribution in [1.29, 1.82) is 0 Å². The van der Waals surface area contributed by atoms with E-state index >= 15 is 0 Å². The van der Waals surface area contributed by atoms with Crippen LogP contribution in [0.3, 0.4) is 0 Å². The lowest BCUT2D eigenvalue weighted by molar-refractivity contribution is -0.112. The van der Waals surface area contributed by atoms with Crippen molar-refractivity contribution in [2.45, 2.75) is 12.8 Å². The molecule has 1 rings (SSSR count). The van der Waals surface area contributed by atoms with Gasteiger partial charge in [0.2, 0.25) is 6.41 Å². The van der Waals surface area contributed by atoms with E-state index in [1.165, 1.54) is 0 Å². The highest BCUT2D eigenvalue weighted by atomic mass is 32.1. The maximum atomic E-state index is 10.2. The fourth-order valence-corrected chi connectivity index (χ4v) is 1.16. The summed E-state index contributed by atoms with van der Waals surface area (Å²) in [5, 5.41) is 2.38. The number of carbonyl (C=O) groups is 1. The number of hydrogen-bond donors (Lipinski definition) is 2. The Kier molecular flexibility index (Phi) is 4.73. The summed E-state index contributed by atoms with van der Waals surface area (Å²) < 4.78 is 5.32. The fourth-order valence-electron chi connectivity index (χ4n) is 1.03. The van der Waals surface area contributed by atoms with Crippen LogP contribution in [0.1, 0.15) is 5.56 Å². The molecule has 0 bridgehead atoms. The Morgan fingerprint density at radius 2 is 2.20 bits per heavy atom. The summed E-state index contributed by atoms with van der Waals surface area (Å²) in [7, 11) is 0. The molecule has 1 aromatic carbocycles. The van der Waals surface area contributed by atoms with Crippen LogP contribution in [-0.2, 0) is 16.1 Å². The van der Waals surface area contributed by atoms with Gasteiger partial charge in [-0.25, -0.2) is 0 Å².